The van der Waals surface area contributed by atoms with Gasteiger partial charge in [-0.3, -0.25) is 9.59 Å². The van der Waals surface area contributed by atoms with Crippen molar-refractivity contribution in [1.82, 2.24) is 0 Å². The van der Waals surface area contributed by atoms with E-state index in [2.05, 4.69) is 6.92 Å². The van der Waals surface area contributed by atoms with Crippen LogP contribution < -0.4 is 0 Å². The molecule has 3 saturated carbocycles. The van der Waals surface area contributed by atoms with E-state index in [4.69, 9.17) is 4.74 Å². The van der Waals surface area contributed by atoms with Crippen molar-refractivity contribution in [1.29, 1.82) is 0 Å². The van der Waals surface area contributed by atoms with Gasteiger partial charge in [0.2, 0.25) is 0 Å². The van der Waals surface area contributed by atoms with Crippen molar-refractivity contribution in [2.45, 2.75) is 90.4 Å². The molecule has 0 spiro atoms. The van der Waals surface area contributed by atoms with Gasteiger partial charge in [0.15, 0.2) is 0 Å². The molecule has 0 radical (unpaired) electrons. The van der Waals surface area contributed by atoms with Crippen LogP contribution in [0.15, 0.2) is 0 Å². The van der Waals surface area contributed by atoms with Gasteiger partial charge >= 0.3 is 5.97 Å². The minimum absolute atomic E-state index is 0.129. The summed E-state index contributed by atoms with van der Waals surface area (Å²) >= 11 is 0. The van der Waals surface area contributed by atoms with Gasteiger partial charge in [-0.1, -0.05) is 32.6 Å². The Kier molecular flexibility index (Phi) is 7.17. The van der Waals surface area contributed by atoms with Crippen molar-refractivity contribution in [2.24, 2.45) is 35.5 Å². The third-order valence-electron chi connectivity index (χ3n) is 7.90. The number of esters is 1. The highest BCUT2D eigenvalue weighted by Crippen LogP contribution is 2.45. The lowest BCUT2D eigenvalue weighted by Gasteiger charge is -2.41. The molecule has 148 valence electrons. The Balaban J connectivity index is 1.42. The zero-order valence-corrected chi connectivity index (χ0v) is 16.9. The molecule has 26 heavy (non-hydrogen) atoms. The second-order valence-electron chi connectivity index (χ2n) is 9.33. The van der Waals surface area contributed by atoms with Crippen LogP contribution in [0.25, 0.3) is 0 Å². The first-order valence-corrected chi connectivity index (χ1v) is 11.2. The van der Waals surface area contributed by atoms with Crippen LogP contribution in [0.4, 0.5) is 0 Å². The number of hydrogen-bond donors (Lipinski definition) is 0. The first kappa shape index (κ1) is 19.9. The van der Waals surface area contributed by atoms with Crippen LogP contribution in [-0.4, -0.2) is 18.9 Å². The molecule has 3 nitrogen and oxygen atoms in total. The fourth-order valence-electron chi connectivity index (χ4n) is 6.28. The predicted molar refractivity (Wildman–Crippen MR) is 104 cm³/mol. The topological polar surface area (TPSA) is 43.4 Å². The molecule has 2 atom stereocenters. The zero-order chi connectivity index (χ0) is 18.5. The Labute approximate surface area is 159 Å². The van der Waals surface area contributed by atoms with E-state index in [9.17, 15) is 9.59 Å². The molecule has 0 heterocycles. The van der Waals surface area contributed by atoms with Crippen molar-refractivity contribution in [3.05, 3.63) is 0 Å². The fraction of sp³-hybridized carbons (Fsp3) is 0.913. The maximum atomic E-state index is 12.3. The zero-order valence-electron chi connectivity index (χ0n) is 16.9. The summed E-state index contributed by atoms with van der Waals surface area (Å²) in [7, 11) is 1.39. The SMILES string of the molecule is CCC[C@H]1CC[C@H](C2CCC(C3CCC(C(=O)OC)C(=O)C3)CC2)CC1. The third kappa shape index (κ3) is 4.70. The maximum absolute atomic E-state index is 12.3. The highest BCUT2D eigenvalue weighted by atomic mass is 16.5. The summed E-state index contributed by atoms with van der Waals surface area (Å²) in [5, 5.41) is 0. The van der Waals surface area contributed by atoms with Crippen LogP contribution >= 0.6 is 0 Å². The smallest absolute Gasteiger partial charge is 0.316 e. The number of rotatable bonds is 5. The van der Waals surface area contributed by atoms with Gasteiger partial charge in [0.25, 0.3) is 0 Å². The summed E-state index contributed by atoms with van der Waals surface area (Å²) in [6, 6.07) is 0. The molecule has 0 saturated heterocycles. The summed E-state index contributed by atoms with van der Waals surface area (Å²) in [6.45, 7) is 2.32. The molecule has 3 fully saturated rings. The van der Waals surface area contributed by atoms with Gasteiger partial charge in [0.1, 0.15) is 11.7 Å². The second kappa shape index (κ2) is 9.37. The first-order chi connectivity index (χ1) is 12.6. The molecule has 3 heteroatoms. The van der Waals surface area contributed by atoms with Crippen LogP contribution in [-0.2, 0) is 14.3 Å². The van der Waals surface area contributed by atoms with Crippen LogP contribution in [0.1, 0.15) is 90.4 Å². The largest absolute Gasteiger partial charge is 0.468 e. The number of ether oxygens (including phenoxy) is 1. The molecule has 0 aromatic heterocycles. The van der Waals surface area contributed by atoms with Crippen molar-refractivity contribution in [2.75, 3.05) is 7.11 Å². The molecule has 2 unspecified atom stereocenters. The predicted octanol–water partition coefficient (Wildman–Crippen LogP) is 5.56. The number of carbonyl (C=O) groups excluding carboxylic acids is 2. The molecule has 0 N–H and O–H groups in total. The Morgan fingerprint density at radius 1 is 0.846 bits per heavy atom. The molecule has 0 aromatic rings. The number of methoxy groups -OCH3 is 1. The Bertz CT molecular complexity index is 470. The monoisotopic (exact) mass is 362 g/mol. The van der Waals surface area contributed by atoms with Crippen LogP contribution in [0.5, 0.6) is 0 Å². The van der Waals surface area contributed by atoms with Gasteiger partial charge in [0, 0.05) is 6.42 Å². The molecule has 0 bridgehead atoms. The Morgan fingerprint density at radius 3 is 1.85 bits per heavy atom. The van der Waals surface area contributed by atoms with Gasteiger partial charge in [-0.05, 0) is 81.0 Å². The normalized spacial score (nSPS) is 38.8. The van der Waals surface area contributed by atoms with Crippen molar-refractivity contribution >= 4 is 11.8 Å². The minimum Gasteiger partial charge on any atom is -0.468 e. The van der Waals surface area contributed by atoms with E-state index in [1.54, 1.807) is 0 Å². The van der Waals surface area contributed by atoms with Gasteiger partial charge in [-0.2, -0.15) is 0 Å². The van der Waals surface area contributed by atoms with E-state index in [-0.39, 0.29) is 11.8 Å². The van der Waals surface area contributed by atoms with Gasteiger partial charge in [-0.25, -0.2) is 0 Å². The van der Waals surface area contributed by atoms with E-state index in [1.165, 1.54) is 71.3 Å². The molecule has 3 aliphatic rings. The van der Waals surface area contributed by atoms with E-state index in [0.29, 0.717) is 24.7 Å². The fourth-order valence-corrected chi connectivity index (χ4v) is 6.28. The van der Waals surface area contributed by atoms with Gasteiger partial charge in [0.05, 0.1) is 7.11 Å². The van der Waals surface area contributed by atoms with Crippen LogP contribution in [0, 0.1) is 35.5 Å². The Hall–Kier alpha value is -0.860. The van der Waals surface area contributed by atoms with Gasteiger partial charge in [-0.15, -0.1) is 0 Å². The summed E-state index contributed by atoms with van der Waals surface area (Å²) in [5.74, 6) is 3.47. The second-order valence-corrected chi connectivity index (χ2v) is 9.33. The lowest BCUT2D eigenvalue weighted by molar-refractivity contribution is -0.151. The van der Waals surface area contributed by atoms with Crippen molar-refractivity contribution < 1.29 is 14.3 Å². The Morgan fingerprint density at radius 2 is 1.35 bits per heavy atom. The summed E-state index contributed by atoms with van der Waals surface area (Å²) in [6.07, 6.45) is 16.3. The highest BCUT2D eigenvalue weighted by Gasteiger charge is 2.39. The quantitative estimate of drug-likeness (QED) is 0.475. The first-order valence-electron chi connectivity index (χ1n) is 11.2. The lowest BCUT2D eigenvalue weighted by Crippen LogP contribution is -2.36. The standard InChI is InChI=1S/C23H38O3/c1-3-4-16-5-7-17(8-6-16)18-9-11-19(12-10-18)20-13-14-21(22(24)15-20)23(25)26-2/h16-21H,3-15H2,1-2H3/t16-,17-,18?,19?,20?,21?. The van der Waals surface area contributed by atoms with E-state index >= 15 is 0 Å². The maximum Gasteiger partial charge on any atom is 0.316 e. The molecule has 3 rings (SSSR count). The summed E-state index contributed by atoms with van der Waals surface area (Å²) in [5.41, 5.74) is 0. The number of carbonyl (C=O) groups is 2. The molecule has 0 aliphatic heterocycles. The van der Waals surface area contributed by atoms with Crippen molar-refractivity contribution in [3.63, 3.8) is 0 Å². The van der Waals surface area contributed by atoms with E-state index in [0.717, 1.165) is 24.2 Å². The number of hydrogen-bond acceptors (Lipinski definition) is 3. The average molecular weight is 363 g/mol. The van der Waals surface area contributed by atoms with Crippen LogP contribution in [0.2, 0.25) is 0 Å². The molecular formula is C23H38O3. The highest BCUT2D eigenvalue weighted by molar-refractivity contribution is 5.99. The van der Waals surface area contributed by atoms with E-state index in [1.807, 2.05) is 0 Å². The number of ketones is 1. The molecule has 3 aliphatic carbocycles. The van der Waals surface area contributed by atoms with E-state index < -0.39 is 5.92 Å². The third-order valence-corrected chi connectivity index (χ3v) is 7.90. The minimum atomic E-state index is -0.481. The van der Waals surface area contributed by atoms with Gasteiger partial charge < -0.3 is 4.74 Å². The number of Topliss-reactive ketones (excluding diaryl/α,β-unsaturated/α-hetero) is 1. The molecule has 0 aromatic carbocycles. The van der Waals surface area contributed by atoms with Crippen LogP contribution in [0.3, 0.4) is 0 Å². The molecule has 0 amide bonds. The molecular weight excluding hydrogens is 324 g/mol. The van der Waals surface area contributed by atoms with Crippen molar-refractivity contribution in [3.8, 4) is 0 Å². The average Bonchev–Trinajstić information content (AvgIpc) is 2.68. The lowest BCUT2D eigenvalue weighted by atomic mass is 9.64. The summed E-state index contributed by atoms with van der Waals surface area (Å²) < 4.78 is 4.79. The summed E-state index contributed by atoms with van der Waals surface area (Å²) in [4.78, 5) is 24.0.